The van der Waals surface area contributed by atoms with Gasteiger partial charge in [-0.25, -0.2) is 18.5 Å². The molecule has 0 aliphatic carbocycles. The van der Waals surface area contributed by atoms with Crippen molar-refractivity contribution in [2.45, 2.75) is 23.7 Å². The fourth-order valence-electron chi connectivity index (χ4n) is 3.06. The Hall–Kier alpha value is -2.19. The zero-order chi connectivity index (χ0) is 17.3. The van der Waals surface area contributed by atoms with Gasteiger partial charge in [0.05, 0.1) is 4.90 Å². The second-order valence-corrected chi connectivity index (χ2v) is 7.60. The number of hydrogen-bond acceptors (Lipinski definition) is 5. The molecule has 1 fully saturated rings. The van der Waals surface area contributed by atoms with Gasteiger partial charge in [-0.1, -0.05) is 12.1 Å². The number of anilines is 1. The van der Waals surface area contributed by atoms with Crippen LogP contribution < -0.4 is 15.6 Å². The van der Waals surface area contributed by atoms with Crippen LogP contribution in [-0.4, -0.2) is 31.1 Å². The molecule has 8 heteroatoms. The molecule has 3 rings (SSSR count). The number of rotatable bonds is 3. The lowest BCUT2D eigenvalue weighted by Gasteiger charge is -2.32. The standard InChI is InChI=1S/C16H20N4O3S/c1-19-11-8-18-15(16(19)21)20-9-6-13(7-10-20)12-2-4-14(5-3-12)24(17,22)23/h2-5,8,11,13H,6-7,9-10H2,1H3,(H2,17,22,23). The highest BCUT2D eigenvalue weighted by atomic mass is 32.2. The third-order valence-electron chi connectivity index (χ3n) is 4.47. The second-order valence-electron chi connectivity index (χ2n) is 6.04. The van der Waals surface area contributed by atoms with Crippen molar-refractivity contribution in [1.82, 2.24) is 9.55 Å². The van der Waals surface area contributed by atoms with Crippen molar-refractivity contribution in [3.05, 3.63) is 52.6 Å². The zero-order valence-electron chi connectivity index (χ0n) is 13.4. The smallest absolute Gasteiger partial charge is 0.293 e. The third kappa shape index (κ3) is 3.34. The summed E-state index contributed by atoms with van der Waals surface area (Å²) in [4.78, 5) is 18.5. The van der Waals surface area contributed by atoms with Crippen molar-refractivity contribution in [1.29, 1.82) is 0 Å². The van der Waals surface area contributed by atoms with Crippen molar-refractivity contribution in [3.8, 4) is 0 Å². The molecule has 7 nitrogen and oxygen atoms in total. The molecule has 2 N–H and O–H groups in total. The van der Waals surface area contributed by atoms with Crippen molar-refractivity contribution in [3.63, 3.8) is 0 Å². The van der Waals surface area contributed by atoms with Gasteiger partial charge in [-0.3, -0.25) is 4.79 Å². The predicted molar refractivity (Wildman–Crippen MR) is 91.5 cm³/mol. The molecule has 0 spiro atoms. The van der Waals surface area contributed by atoms with Gasteiger partial charge < -0.3 is 9.47 Å². The van der Waals surface area contributed by atoms with E-state index in [4.69, 9.17) is 5.14 Å². The van der Waals surface area contributed by atoms with E-state index >= 15 is 0 Å². The maximum atomic E-state index is 12.1. The lowest BCUT2D eigenvalue weighted by molar-refractivity contribution is 0.500. The van der Waals surface area contributed by atoms with Crippen LogP contribution in [0.1, 0.15) is 24.3 Å². The van der Waals surface area contributed by atoms with Crippen molar-refractivity contribution < 1.29 is 8.42 Å². The van der Waals surface area contributed by atoms with Gasteiger partial charge in [0.15, 0.2) is 5.82 Å². The highest BCUT2D eigenvalue weighted by molar-refractivity contribution is 7.89. The van der Waals surface area contributed by atoms with Gasteiger partial charge in [0, 0.05) is 32.5 Å². The van der Waals surface area contributed by atoms with E-state index in [0.717, 1.165) is 31.5 Å². The Labute approximate surface area is 140 Å². The first-order valence-electron chi connectivity index (χ1n) is 7.75. The molecule has 1 aromatic heterocycles. The topological polar surface area (TPSA) is 98.3 Å². The first kappa shape index (κ1) is 16.7. The predicted octanol–water partition coefficient (Wildman–Crippen LogP) is 0.812. The summed E-state index contributed by atoms with van der Waals surface area (Å²) in [5.74, 6) is 0.825. The lowest BCUT2D eigenvalue weighted by atomic mass is 9.89. The molecule has 1 saturated heterocycles. The van der Waals surface area contributed by atoms with Gasteiger partial charge in [0.1, 0.15) is 0 Å². The minimum atomic E-state index is -3.66. The van der Waals surface area contributed by atoms with Crippen molar-refractivity contribution in [2.75, 3.05) is 18.0 Å². The summed E-state index contributed by atoms with van der Waals surface area (Å²) < 4.78 is 24.2. The van der Waals surface area contributed by atoms with E-state index in [2.05, 4.69) is 4.98 Å². The number of nitrogens with zero attached hydrogens (tertiary/aromatic N) is 3. The van der Waals surface area contributed by atoms with Crippen molar-refractivity contribution in [2.24, 2.45) is 12.2 Å². The van der Waals surface area contributed by atoms with E-state index in [1.807, 2.05) is 17.0 Å². The summed E-state index contributed by atoms with van der Waals surface area (Å²) >= 11 is 0. The van der Waals surface area contributed by atoms with E-state index in [1.54, 1.807) is 31.6 Å². The van der Waals surface area contributed by atoms with E-state index in [1.165, 1.54) is 4.57 Å². The summed E-state index contributed by atoms with van der Waals surface area (Å²) in [5.41, 5.74) is 1.00. The molecule has 1 aliphatic heterocycles. The summed E-state index contributed by atoms with van der Waals surface area (Å²) in [6.07, 6.45) is 5.04. The monoisotopic (exact) mass is 348 g/mol. The largest absolute Gasteiger partial charge is 0.352 e. The molecule has 0 saturated carbocycles. The first-order valence-corrected chi connectivity index (χ1v) is 9.30. The molecule has 0 radical (unpaired) electrons. The SMILES string of the molecule is Cn1ccnc(N2CCC(c3ccc(S(N)(=O)=O)cc3)CC2)c1=O. The molecular weight excluding hydrogens is 328 g/mol. The molecule has 1 aliphatic rings. The summed E-state index contributed by atoms with van der Waals surface area (Å²) in [5, 5.41) is 5.12. The Morgan fingerprint density at radius 2 is 1.79 bits per heavy atom. The number of primary sulfonamides is 1. The quantitative estimate of drug-likeness (QED) is 0.885. The number of piperidine rings is 1. The summed E-state index contributed by atoms with van der Waals surface area (Å²) in [6.45, 7) is 1.49. The average Bonchev–Trinajstić information content (AvgIpc) is 2.57. The van der Waals surface area contributed by atoms with Crippen LogP contribution in [0.4, 0.5) is 5.82 Å². The van der Waals surface area contributed by atoms with Gasteiger partial charge in [0.25, 0.3) is 5.56 Å². The van der Waals surface area contributed by atoms with Crippen LogP contribution in [0.15, 0.2) is 46.3 Å². The van der Waals surface area contributed by atoms with Crippen LogP contribution in [-0.2, 0) is 17.1 Å². The van der Waals surface area contributed by atoms with E-state index in [9.17, 15) is 13.2 Å². The highest BCUT2D eigenvalue weighted by Crippen LogP contribution is 2.29. The molecule has 2 aromatic rings. The van der Waals surface area contributed by atoms with E-state index < -0.39 is 10.0 Å². The molecule has 1 aromatic carbocycles. The average molecular weight is 348 g/mol. The van der Waals surface area contributed by atoms with Crippen LogP contribution >= 0.6 is 0 Å². The number of aryl methyl sites for hydroxylation is 1. The van der Waals surface area contributed by atoms with Crippen molar-refractivity contribution >= 4 is 15.8 Å². The third-order valence-corrected chi connectivity index (χ3v) is 5.40. The summed E-state index contributed by atoms with van der Waals surface area (Å²) in [7, 11) is -1.94. The van der Waals surface area contributed by atoms with Gasteiger partial charge >= 0.3 is 0 Å². The second kappa shape index (κ2) is 6.37. The maximum absolute atomic E-state index is 12.1. The number of nitrogens with two attached hydrogens (primary N) is 1. The molecular formula is C16H20N4O3S. The Balaban J connectivity index is 1.71. The Morgan fingerprint density at radius 3 is 2.38 bits per heavy atom. The zero-order valence-corrected chi connectivity index (χ0v) is 14.2. The van der Waals surface area contributed by atoms with Crippen LogP contribution in [0, 0.1) is 0 Å². The number of sulfonamides is 1. The van der Waals surface area contributed by atoms with Crippen LogP contribution in [0.25, 0.3) is 0 Å². The number of hydrogen-bond donors (Lipinski definition) is 1. The highest BCUT2D eigenvalue weighted by Gasteiger charge is 2.23. The maximum Gasteiger partial charge on any atom is 0.293 e. The molecule has 0 amide bonds. The minimum absolute atomic E-state index is 0.0894. The van der Waals surface area contributed by atoms with Gasteiger partial charge in [-0.15, -0.1) is 0 Å². The normalized spacial score (nSPS) is 16.3. The van der Waals surface area contributed by atoms with Crippen LogP contribution in [0.5, 0.6) is 0 Å². The molecule has 24 heavy (non-hydrogen) atoms. The minimum Gasteiger partial charge on any atom is -0.352 e. The molecule has 2 heterocycles. The summed E-state index contributed by atoms with van der Waals surface area (Å²) in [6, 6.07) is 6.73. The van der Waals surface area contributed by atoms with Gasteiger partial charge in [-0.05, 0) is 36.5 Å². The van der Waals surface area contributed by atoms with Gasteiger partial charge in [0.2, 0.25) is 10.0 Å². The van der Waals surface area contributed by atoms with E-state index in [-0.39, 0.29) is 10.5 Å². The number of aromatic nitrogens is 2. The Bertz CT molecular complexity index is 882. The number of benzene rings is 1. The van der Waals surface area contributed by atoms with Gasteiger partial charge in [-0.2, -0.15) is 0 Å². The molecule has 0 atom stereocenters. The lowest BCUT2D eigenvalue weighted by Crippen LogP contribution is -2.38. The van der Waals surface area contributed by atoms with Crippen LogP contribution in [0.2, 0.25) is 0 Å². The van der Waals surface area contributed by atoms with Crippen LogP contribution in [0.3, 0.4) is 0 Å². The molecule has 0 bridgehead atoms. The Kier molecular flexibility index (Phi) is 4.42. The molecule has 128 valence electrons. The van der Waals surface area contributed by atoms with E-state index in [0.29, 0.717) is 11.7 Å². The fraction of sp³-hybridized carbons (Fsp3) is 0.375. The molecule has 0 unspecified atom stereocenters. The Morgan fingerprint density at radius 1 is 1.17 bits per heavy atom. The first-order chi connectivity index (χ1) is 11.4. The fourth-order valence-corrected chi connectivity index (χ4v) is 3.57.